The van der Waals surface area contributed by atoms with Gasteiger partial charge in [-0.3, -0.25) is 14.4 Å². The van der Waals surface area contributed by atoms with Crippen molar-refractivity contribution in [2.45, 2.75) is 118 Å². The largest absolute Gasteiger partial charge is 0.465 e. The van der Waals surface area contributed by atoms with Gasteiger partial charge in [0.25, 0.3) is 8.53 Å². The third-order valence-electron chi connectivity index (χ3n) is 7.21. The fourth-order valence-corrected chi connectivity index (χ4v) is 10.5. The van der Waals surface area contributed by atoms with Crippen molar-refractivity contribution in [1.82, 2.24) is 9.99 Å². The summed E-state index contributed by atoms with van der Waals surface area (Å²) in [5.41, 5.74) is -2.89. The van der Waals surface area contributed by atoms with Crippen LogP contribution in [0.3, 0.4) is 0 Å². The summed E-state index contributed by atoms with van der Waals surface area (Å²) in [7, 11) is -5.02. The Morgan fingerprint density at radius 2 is 1.46 bits per heavy atom. The maximum atomic E-state index is 13.8. The molecule has 1 amide bonds. The van der Waals surface area contributed by atoms with Gasteiger partial charge in [-0.1, -0.05) is 34.3 Å². The number of nitrogens with zero attached hydrogens (tertiary/aromatic N) is 2. The fourth-order valence-electron chi connectivity index (χ4n) is 4.92. The van der Waals surface area contributed by atoms with E-state index in [9.17, 15) is 14.4 Å². The number of hydrogen-bond donors (Lipinski definition) is 1. The minimum absolute atomic E-state index is 0.00345. The van der Waals surface area contributed by atoms with E-state index in [0.717, 1.165) is 0 Å². The van der Waals surface area contributed by atoms with Gasteiger partial charge >= 0.3 is 20.5 Å². The second kappa shape index (κ2) is 21.1. The van der Waals surface area contributed by atoms with Crippen LogP contribution < -0.4 is 5.32 Å². The number of hydrogen-bond acceptors (Lipinski definition) is 10. The molecule has 14 heteroatoms. The normalized spacial score (nSPS) is 13.3. The van der Waals surface area contributed by atoms with Gasteiger partial charge in [0, 0.05) is 18.6 Å². The number of rotatable bonds is 24. The first-order chi connectivity index (χ1) is 21.4. The third-order valence-corrected chi connectivity index (χ3v) is 13.9. The molecule has 0 aliphatic carbocycles. The van der Waals surface area contributed by atoms with Gasteiger partial charge in [0.1, 0.15) is 6.61 Å². The Hall–Kier alpha value is -1.91. The summed E-state index contributed by atoms with van der Waals surface area (Å²) in [6.45, 7) is 33.7. The zero-order valence-corrected chi connectivity index (χ0v) is 32.2. The second-order valence-corrected chi connectivity index (χ2v) is 18.4. The highest BCUT2D eigenvalue weighted by atomic mass is 31.2. The van der Waals surface area contributed by atoms with Gasteiger partial charge in [0.05, 0.1) is 32.0 Å². The Balaban J connectivity index is 6.82. The summed E-state index contributed by atoms with van der Waals surface area (Å²) < 4.78 is 39.0. The molecule has 0 rings (SSSR count). The Labute approximate surface area is 280 Å². The molecule has 0 saturated heterocycles. The lowest BCUT2D eigenvalue weighted by Gasteiger charge is -2.45. The molecule has 46 heavy (non-hydrogen) atoms. The van der Waals surface area contributed by atoms with Gasteiger partial charge in [0.15, 0.2) is 0 Å². The molecule has 1 atom stereocenters. The summed E-state index contributed by atoms with van der Waals surface area (Å²) >= 11 is 0. The van der Waals surface area contributed by atoms with E-state index in [4.69, 9.17) is 33.9 Å². The quantitative estimate of drug-likeness (QED) is 0.0239. The van der Waals surface area contributed by atoms with E-state index in [0.29, 0.717) is 13.0 Å². The zero-order valence-electron chi connectivity index (χ0n) is 30.3. The second-order valence-electron chi connectivity index (χ2n) is 12.7. The number of carbonyl (C=O) groups excluding carboxylic acids is 3. The van der Waals surface area contributed by atoms with Crippen LogP contribution in [0.4, 0.5) is 0 Å². The van der Waals surface area contributed by atoms with Gasteiger partial charge in [0.2, 0.25) is 17.9 Å². The summed E-state index contributed by atoms with van der Waals surface area (Å²) in [6, 6.07) is 0.00689. The van der Waals surface area contributed by atoms with Crippen molar-refractivity contribution < 1.29 is 41.8 Å². The van der Waals surface area contributed by atoms with Gasteiger partial charge < -0.3 is 37.5 Å². The smallest absolute Gasteiger partial charge is 0.343 e. The molecule has 0 heterocycles. The average molecular weight is 690 g/mol. The van der Waals surface area contributed by atoms with Crippen LogP contribution in [0, 0.1) is 12.0 Å². The van der Waals surface area contributed by atoms with E-state index in [1.807, 2.05) is 73.9 Å². The highest BCUT2D eigenvalue weighted by Gasteiger charge is 2.56. The molecule has 0 aromatic carbocycles. The van der Waals surface area contributed by atoms with E-state index >= 15 is 0 Å². The topological polar surface area (TPSA) is 126 Å². The monoisotopic (exact) mass is 689 g/mol. The Bertz CT molecular complexity index is 968. The Kier molecular flexibility index (Phi) is 20.3. The molecule has 0 aromatic rings. The minimum Gasteiger partial charge on any atom is -0.465 e. The molecule has 1 unspecified atom stereocenters. The third kappa shape index (κ3) is 13.3. The van der Waals surface area contributed by atoms with Gasteiger partial charge in [-0.15, -0.1) is 0 Å². The van der Waals surface area contributed by atoms with Crippen LogP contribution in [0.15, 0.2) is 12.7 Å². The molecule has 0 radical (unpaired) electrons. The molecule has 0 bridgehead atoms. The zero-order chi connectivity index (χ0) is 35.7. The molecule has 266 valence electrons. The van der Waals surface area contributed by atoms with Crippen LogP contribution in [-0.4, -0.2) is 94.9 Å². The van der Waals surface area contributed by atoms with Crippen molar-refractivity contribution in [3.63, 3.8) is 0 Å². The molecule has 0 aliphatic heterocycles. The lowest BCUT2D eigenvalue weighted by atomic mass is 9.90. The Morgan fingerprint density at radius 1 is 0.935 bits per heavy atom. The standard InChI is InChI=1S/C32H60N3O9PSi/c1-15-28(36)34-19-18-31(12,13)44-46(26(8)9,27(10)11)43-23-32(29(37)39-16-2,30(38)40-17-3)22-42-45(41-21-20-33-14)35(24(4)5)25(6)7/h15,24-27H,1,16-23H2,2-13H3,(H,34,36). The minimum atomic E-state index is -3.23. The maximum absolute atomic E-state index is 13.8. The molecule has 12 nitrogen and oxygen atoms in total. The lowest BCUT2D eigenvalue weighted by Crippen LogP contribution is -2.58. The van der Waals surface area contributed by atoms with Gasteiger partial charge in [-0.25, -0.2) is 11.2 Å². The maximum Gasteiger partial charge on any atom is 0.343 e. The average Bonchev–Trinajstić information content (AvgIpc) is 2.95. The van der Waals surface area contributed by atoms with Gasteiger partial charge in [-0.05, 0) is 79.0 Å². The van der Waals surface area contributed by atoms with Crippen LogP contribution in [0.25, 0.3) is 4.85 Å². The molecule has 0 aliphatic rings. The first-order valence-electron chi connectivity index (χ1n) is 16.2. The molecule has 1 N–H and O–H groups in total. The number of ether oxygens (including phenoxy) is 2. The Morgan fingerprint density at radius 3 is 1.87 bits per heavy atom. The molecule has 0 aromatic heterocycles. The number of amides is 1. The van der Waals surface area contributed by atoms with E-state index in [2.05, 4.69) is 16.7 Å². The summed E-state index contributed by atoms with van der Waals surface area (Å²) in [5.74, 6) is -1.93. The predicted molar refractivity (Wildman–Crippen MR) is 183 cm³/mol. The molecule has 0 spiro atoms. The first-order valence-corrected chi connectivity index (χ1v) is 19.3. The van der Waals surface area contributed by atoms with Crippen LogP contribution in [-0.2, 0) is 41.8 Å². The van der Waals surface area contributed by atoms with E-state index in [1.165, 1.54) is 6.08 Å². The highest BCUT2D eigenvalue weighted by molar-refractivity contribution is 7.44. The van der Waals surface area contributed by atoms with Gasteiger partial charge in [-0.2, -0.15) is 0 Å². The lowest BCUT2D eigenvalue weighted by molar-refractivity contribution is -0.178. The van der Waals surface area contributed by atoms with E-state index < -0.39 is 53.3 Å². The van der Waals surface area contributed by atoms with Crippen molar-refractivity contribution in [3.8, 4) is 0 Å². The van der Waals surface area contributed by atoms with Crippen LogP contribution in [0.2, 0.25) is 11.1 Å². The summed E-state index contributed by atoms with van der Waals surface area (Å²) in [6.07, 6.45) is 1.70. The SMILES string of the molecule is [C-]#[N+]CCOP(OCC(CO[Si](OC(C)(C)CCNC(=O)C=C)(C(C)C)C(C)C)(C(=O)OCC)C(=O)OCC)N(C(C)C)C(C)C. The van der Waals surface area contributed by atoms with Crippen molar-refractivity contribution in [2.24, 2.45) is 5.41 Å². The van der Waals surface area contributed by atoms with Crippen molar-refractivity contribution >= 4 is 34.9 Å². The predicted octanol–water partition coefficient (Wildman–Crippen LogP) is 6.16. The molecule has 0 saturated carbocycles. The fraction of sp³-hybridized carbons (Fsp3) is 0.812. The molecule has 0 fully saturated rings. The summed E-state index contributed by atoms with van der Waals surface area (Å²) in [4.78, 5) is 42.8. The van der Waals surface area contributed by atoms with Crippen molar-refractivity contribution in [3.05, 3.63) is 24.1 Å². The number of nitrogens with one attached hydrogen (secondary N) is 1. The van der Waals surface area contributed by atoms with E-state index in [-0.39, 0.29) is 55.4 Å². The van der Waals surface area contributed by atoms with Crippen LogP contribution in [0.5, 0.6) is 0 Å². The molecular formula is C32H60N3O9PSi. The van der Waals surface area contributed by atoms with Crippen LogP contribution >= 0.6 is 8.53 Å². The summed E-state index contributed by atoms with van der Waals surface area (Å²) in [5, 5.41) is 2.79. The highest BCUT2D eigenvalue weighted by Crippen LogP contribution is 2.48. The van der Waals surface area contributed by atoms with Crippen molar-refractivity contribution in [2.75, 3.05) is 46.1 Å². The van der Waals surface area contributed by atoms with Crippen LogP contribution in [0.1, 0.15) is 89.5 Å². The van der Waals surface area contributed by atoms with Crippen molar-refractivity contribution in [1.29, 1.82) is 0 Å². The first kappa shape index (κ1) is 44.1. The number of esters is 2. The molecular weight excluding hydrogens is 629 g/mol. The number of carbonyl (C=O) groups is 3. The van der Waals surface area contributed by atoms with E-state index in [1.54, 1.807) is 13.8 Å².